The van der Waals surface area contributed by atoms with Crippen molar-refractivity contribution in [3.05, 3.63) is 23.9 Å². The molecule has 0 unspecified atom stereocenters. The smallest absolute Gasteiger partial charge is 0.0240 e. The van der Waals surface area contributed by atoms with Crippen LogP contribution in [0.5, 0.6) is 0 Å². The van der Waals surface area contributed by atoms with E-state index >= 15 is 0 Å². The van der Waals surface area contributed by atoms with Gasteiger partial charge in [-0.05, 0) is 19.4 Å². The van der Waals surface area contributed by atoms with Gasteiger partial charge in [0.15, 0.2) is 0 Å². The van der Waals surface area contributed by atoms with Gasteiger partial charge in [-0.1, -0.05) is 18.6 Å². The summed E-state index contributed by atoms with van der Waals surface area (Å²) in [6, 6.07) is 0. The Kier molecular flexibility index (Phi) is 4.92. The van der Waals surface area contributed by atoms with E-state index in [0.717, 1.165) is 6.42 Å². The summed E-state index contributed by atoms with van der Waals surface area (Å²) in [7, 11) is 0. The van der Waals surface area contributed by atoms with E-state index in [9.17, 15) is 0 Å². The van der Waals surface area contributed by atoms with E-state index in [2.05, 4.69) is 6.92 Å². The van der Waals surface area contributed by atoms with E-state index in [0.29, 0.717) is 0 Å². The maximum Gasteiger partial charge on any atom is 0.0240 e. The molecule has 0 radical (unpaired) electrons. The molecule has 0 aromatic rings. The Morgan fingerprint density at radius 3 is 2.78 bits per heavy atom. The first-order chi connectivity index (χ1) is 4.31. The number of nitrogens with one attached hydrogen (secondary N) is 1. The van der Waals surface area contributed by atoms with Gasteiger partial charge >= 0.3 is 0 Å². The highest BCUT2D eigenvalue weighted by Crippen LogP contribution is 1.96. The molecule has 9 heavy (non-hydrogen) atoms. The highest BCUT2D eigenvalue weighted by Gasteiger charge is 1.76. The number of allylic oxidation sites excluding steroid dienone is 3. The van der Waals surface area contributed by atoms with E-state index in [-0.39, 0.29) is 0 Å². The minimum absolute atomic E-state index is 1.05. The Morgan fingerprint density at radius 1 is 1.67 bits per heavy atom. The molecule has 0 atom stereocenters. The highest BCUT2D eigenvalue weighted by atomic mass is 16.5. The average Bonchev–Trinajstić information content (AvgIpc) is 1.89. The van der Waals surface area contributed by atoms with Crippen LogP contribution in [-0.2, 0) is 0 Å². The summed E-state index contributed by atoms with van der Waals surface area (Å²) in [4.78, 5) is 0. The second-order valence-electron chi connectivity index (χ2n) is 1.85. The second-order valence-corrected chi connectivity index (χ2v) is 1.85. The first-order valence-electron chi connectivity index (χ1n) is 3.03. The molecule has 2 heteroatoms. The van der Waals surface area contributed by atoms with Crippen LogP contribution in [0.3, 0.4) is 0 Å². The monoisotopic (exact) mass is 127 g/mol. The van der Waals surface area contributed by atoms with E-state index in [1.54, 1.807) is 6.08 Å². The fraction of sp³-hybridized carbons (Fsp3) is 0.429. The van der Waals surface area contributed by atoms with Crippen LogP contribution in [0.4, 0.5) is 0 Å². The molecule has 0 aliphatic rings. The van der Waals surface area contributed by atoms with Gasteiger partial charge in [0.2, 0.25) is 0 Å². The predicted octanol–water partition coefficient (Wildman–Crippen LogP) is 1.84. The van der Waals surface area contributed by atoms with Crippen LogP contribution in [0.2, 0.25) is 0 Å². The van der Waals surface area contributed by atoms with Gasteiger partial charge in [-0.25, -0.2) is 0 Å². The summed E-state index contributed by atoms with van der Waals surface area (Å²) in [6.07, 6.45) is 6.23. The van der Waals surface area contributed by atoms with Gasteiger partial charge in [0.25, 0.3) is 0 Å². The van der Waals surface area contributed by atoms with Gasteiger partial charge in [-0.3, -0.25) is 10.7 Å². The van der Waals surface area contributed by atoms with Gasteiger partial charge in [-0.2, -0.15) is 0 Å². The minimum atomic E-state index is 1.05. The third kappa shape index (κ3) is 5.11. The maximum atomic E-state index is 8.09. The lowest BCUT2D eigenvalue weighted by atomic mass is 10.2. The third-order valence-electron chi connectivity index (χ3n) is 1.11. The minimum Gasteiger partial charge on any atom is -0.292 e. The summed E-state index contributed by atoms with van der Waals surface area (Å²) >= 11 is 0. The van der Waals surface area contributed by atoms with Gasteiger partial charge in [-0.15, -0.1) is 0 Å². The highest BCUT2D eigenvalue weighted by molar-refractivity contribution is 5.08. The third-order valence-corrected chi connectivity index (χ3v) is 1.11. The van der Waals surface area contributed by atoms with E-state index < -0.39 is 0 Å². The van der Waals surface area contributed by atoms with Crippen molar-refractivity contribution in [1.29, 1.82) is 0 Å². The van der Waals surface area contributed by atoms with E-state index in [4.69, 9.17) is 5.21 Å². The summed E-state index contributed by atoms with van der Waals surface area (Å²) < 4.78 is 0. The Bertz CT molecular complexity index is 116. The number of hydroxylamine groups is 1. The van der Waals surface area contributed by atoms with Crippen LogP contribution >= 0.6 is 0 Å². The van der Waals surface area contributed by atoms with Crippen molar-refractivity contribution in [2.75, 3.05) is 0 Å². The number of rotatable bonds is 3. The van der Waals surface area contributed by atoms with Crippen LogP contribution in [0.15, 0.2) is 23.9 Å². The van der Waals surface area contributed by atoms with Gasteiger partial charge < -0.3 is 0 Å². The molecule has 0 amide bonds. The maximum absolute atomic E-state index is 8.09. The van der Waals surface area contributed by atoms with E-state index in [1.165, 1.54) is 11.8 Å². The van der Waals surface area contributed by atoms with Crippen molar-refractivity contribution < 1.29 is 5.21 Å². The normalized spacial score (nSPS) is 12.6. The van der Waals surface area contributed by atoms with Crippen molar-refractivity contribution in [3.8, 4) is 0 Å². The molecule has 0 aromatic heterocycles. The fourth-order valence-corrected chi connectivity index (χ4v) is 0.373. The Labute approximate surface area is 55.8 Å². The molecule has 0 rings (SSSR count). The lowest BCUT2D eigenvalue weighted by Crippen LogP contribution is -1.91. The number of hydrogen-bond donors (Lipinski definition) is 2. The zero-order valence-electron chi connectivity index (χ0n) is 5.89. The molecule has 0 fully saturated rings. The fourth-order valence-electron chi connectivity index (χ4n) is 0.373. The molecule has 0 aliphatic carbocycles. The van der Waals surface area contributed by atoms with Gasteiger partial charge in [0.1, 0.15) is 0 Å². The molecular weight excluding hydrogens is 114 g/mol. The molecule has 52 valence electrons. The Hall–Kier alpha value is -0.760. The molecule has 2 nitrogen and oxygen atoms in total. The predicted molar refractivity (Wildman–Crippen MR) is 38.1 cm³/mol. The zero-order valence-corrected chi connectivity index (χ0v) is 5.89. The molecule has 0 heterocycles. The SMILES string of the molecule is CC/C(C)=C/C=C\NO. The lowest BCUT2D eigenvalue weighted by Gasteiger charge is -1.88. The standard InChI is InChI=1S/C7H13NO/c1-3-7(2)5-4-6-8-9/h4-6,8-9H,3H2,1-2H3/b6-4-,7-5+. The summed E-state index contributed by atoms with van der Waals surface area (Å²) in [6.45, 7) is 4.13. The number of hydrogen-bond acceptors (Lipinski definition) is 2. The van der Waals surface area contributed by atoms with Crippen LogP contribution in [0.25, 0.3) is 0 Å². The van der Waals surface area contributed by atoms with Crippen molar-refractivity contribution in [2.24, 2.45) is 0 Å². The molecule has 0 aliphatic heterocycles. The molecule has 0 aromatic carbocycles. The molecule has 0 spiro atoms. The van der Waals surface area contributed by atoms with Gasteiger partial charge in [0, 0.05) is 6.20 Å². The molecule has 2 N–H and O–H groups in total. The quantitative estimate of drug-likeness (QED) is 0.448. The lowest BCUT2D eigenvalue weighted by molar-refractivity contribution is 0.214. The molecule has 0 saturated carbocycles. The first-order valence-corrected chi connectivity index (χ1v) is 3.03. The van der Waals surface area contributed by atoms with Crippen molar-refractivity contribution in [1.82, 2.24) is 5.48 Å². The summed E-state index contributed by atoms with van der Waals surface area (Å²) in [5.41, 5.74) is 3.22. The molecule has 0 bridgehead atoms. The summed E-state index contributed by atoms with van der Waals surface area (Å²) in [5.74, 6) is 0. The van der Waals surface area contributed by atoms with Crippen molar-refractivity contribution in [3.63, 3.8) is 0 Å². The van der Waals surface area contributed by atoms with Crippen LogP contribution in [0.1, 0.15) is 20.3 Å². The van der Waals surface area contributed by atoms with Crippen LogP contribution in [0, 0.1) is 0 Å². The topological polar surface area (TPSA) is 32.3 Å². The largest absolute Gasteiger partial charge is 0.292 e. The van der Waals surface area contributed by atoms with Crippen molar-refractivity contribution >= 4 is 0 Å². The van der Waals surface area contributed by atoms with E-state index in [1.807, 2.05) is 18.5 Å². The van der Waals surface area contributed by atoms with Crippen molar-refractivity contribution in [2.45, 2.75) is 20.3 Å². The Morgan fingerprint density at radius 2 is 2.33 bits per heavy atom. The molecular formula is C7H13NO. The van der Waals surface area contributed by atoms with Gasteiger partial charge in [0.05, 0.1) is 0 Å². The Balaban J connectivity index is 3.55. The van der Waals surface area contributed by atoms with Crippen LogP contribution in [-0.4, -0.2) is 5.21 Å². The zero-order chi connectivity index (χ0) is 7.11. The van der Waals surface area contributed by atoms with Crippen LogP contribution < -0.4 is 5.48 Å². The first kappa shape index (κ1) is 8.24. The molecule has 0 saturated heterocycles. The average molecular weight is 127 g/mol. The summed E-state index contributed by atoms with van der Waals surface area (Å²) in [5, 5.41) is 8.09. The second kappa shape index (κ2) is 5.38.